The number of benzene rings is 1. The van der Waals surface area contributed by atoms with Crippen LogP contribution in [0.3, 0.4) is 0 Å². The summed E-state index contributed by atoms with van der Waals surface area (Å²) in [5.41, 5.74) is 6.88. The van der Waals surface area contributed by atoms with Crippen LogP contribution in [0.5, 0.6) is 0 Å². The van der Waals surface area contributed by atoms with Crippen LogP contribution in [0.2, 0.25) is 16.4 Å². The number of hydrogen-bond acceptors (Lipinski definition) is 7. The van der Waals surface area contributed by atoms with Gasteiger partial charge in [-0.25, -0.2) is 4.68 Å². The number of nitrogens with one attached hydrogen (secondary N) is 1. The highest BCUT2D eigenvalue weighted by Crippen LogP contribution is 2.20. The summed E-state index contributed by atoms with van der Waals surface area (Å²) in [6, 6.07) is 4.66. The second-order valence-electron chi connectivity index (χ2n) is 6.43. The third kappa shape index (κ3) is 8.85. The summed E-state index contributed by atoms with van der Waals surface area (Å²) in [4.78, 5) is 12.2. The number of nitrogens with zero attached hydrogens (tertiary/aromatic N) is 4. The molecule has 0 fully saturated rings. The van der Waals surface area contributed by atoms with Crippen LogP contribution < -0.4 is 11.1 Å². The van der Waals surface area contributed by atoms with E-state index < -0.39 is 13.2 Å². The molecule has 2 aromatic rings. The molecule has 0 spiro atoms. The summed E-state index contributed by atoms with van der Waals surface area (Å²) in [7, 11) is -1.28. The Kier molecular flexibility index (Phi) is 11.5. The van der Waals surface area contributed by atoms with Crippen LogP contribution in [-0.2, 0) is 17.9 Å². The van der Waals surface area contributed by atoms with Gasteiger partial charge in [0.1, 0.15) is 6.54 Å². The predicted molar refractivity (Wildman–Crippen MR) is 114 cm³/mol. The molecule has 0 saturated carbocycles. The largest absolute Gasteiger partial charge is 0.451 e. The molecule has 0 bridgehead atoms. The molecule has 1 unspecified atom stereocenters. The molecule has 0 aliphatic carbocycles. The quantitative estimate of drug-likeness (QED) is 0.293. The summed E-state index contributed by atoms with van der Waals surface area (Å²) in [6.45, 7) is 0.201. The number of carbonyl (C=O) groups is 1. The van der Waals surface area contributed by atoms with Crippen molar-refractivity contribution in [2.75, 3.05) is 0 Å². The Morgan fingerprint density at radius 3 is 2.72 bits per heavy atom. The first kappa shape index (κ1) is 25.6. The van der Waals surface area contributed by atoms with Crippen molar-refractivity contribution in [1.29, 1.82) is 0 Å². The van der Waals surface area contributed by atoms with Gasteiger partial charge in [0.15, 0.2) is 5.82 Å². The molecule has 1 atom stereocenters. The lowest BCUT2D eigenvalue weighted by atomic mass is 9.83. The molecule has 5 N–H and O–H groups in total. The van der Waals surface area contributed by atoms with Crippen LogP contribution in [0.1, 0.15) is 43.1 Å². The fraction of sp³-hybridized carbons (Fsp3) is 0.500. The van der Waals surface area contributed by atoms with Gasteiger partial charge in [0, 0.05) is 16.6 Å². The molecule has 0 radical (unpaired) electrons. The third-order valence-electron chi connectivity index (χ3n) is 4.15. The molecule has 0 aliphatic heterocycles. The van der Waals surface area contributed by atoms with Gasteiger partial charge in [-0.05, 0) is 40.9 Å². The maximum atomic E-state index is 12.2. The molecule has 13 heteroatoms. The molecule has 160 valence electrons. The summed E-state index contributed by atoms with van der Waals surface area (Å²) in [5, 5.41) is 32.8. The van der Waals surface area contributed by atoms with Crippen LogP contribution in [0, 0.1) is 0 Å². The van der Waals surface area contributed by atoms with E-state index in [0.29, 0.717) is 35.0 Å². The first-order chi connectivity index (χ1) is 13.4. The predicted octanol–water partition coefficient (Wildman–Crippen LogP) is 1.75. The van der Waals surface area contributed by atoms with Crippen LogP contribution >= 0.6 is 35.6 Å². The number of carbonyl (C=O) groups excluding carboxylic acids is 1. The van der Waals surface area contributed by atoms with Crippen molar-refractivity contribution < 1.29 is 14.8 Å². The summed E-state index contributed by atoms with van der Waals surface area (Å²) in [6.07, 6.45) is 3.27. The summed E-state index contributed by atoms with van der Waals surface area (Å²) < 4.78 is 1.38. The van der Waals surface area contributed by atoms with E-state index in [1.165, 1.54) is 4.68 Å². The number of amides is 1. The monoisotopic (exact) mass is 464 g/mol. The molecule has 29 heavy (non-hydrogen) atoms. The molecule has 0 saturated heterocycles. The van der Waals surface area contributed by atoms with Gasteiger partial charge < -0.3 is 21.1 Å². The topological polar surface area (TPSA) is 139 Å². The Balaban J connectivity index is 0.00000420. The Bertz CT molecular complexity index is 780. The van der Waals surface area contributed by atoms with E-state index in [4.69, 9.17) is 39.0 Å². The molecular formula is C16H24BCl3N6O3. The van der Waals surface area contributed by atoms with Gasteiger partial charge in [-0.2, -0.15) is 0 Å². The number of unbranched alkanes of at least 4 members (excludes halogenated alkanes) is 2. The minimum atomic E-state index is -1.28. The second kappa shape index (κ2) is 13.0. The van der Waals surface area contributed by atoms with Crippen molar-refractivity contribution in [2.45, 2.75) is 51.1 Å². The zero-order chi connectivity index (χ0) is 20.5. The molecule has 1 heterocycles. The lowest BCUT2D eigenvalue weighted by Gasteiger charge is -2.12. The minimum absolute atomic E-state index is 0. The number of aromatic nitrogens is 4. The van der Waals surface area contributed by atoms with E-state index in [1.807, 2.05) is 0 Å². The molecule has 1 aromatic carbocycles. The number of tetrazole rings is 1. The lowest BCUT2D eigenvalue weighted by molar-refractivity contribution is -0.122. The van der Waals surface area contributed by atoms with E-state index in [2.05, 4.69) is 20.8 Å². The fourth-order valence-corrected chi connectivity index (χ4v) is 3.11. The Morgan fingerprint density at radius 1 is 1.28 bits per heavy atom. The highest BCUT2D eigenvalue weighted by Gasteiger charge is 2.17. The van der Waals surface area contributed by atoms with Gasteiger partial charge in [-0.1, -0.05) is 48.5 Å². The smallest absolute Gasteiger partial charge is 0.427 e. The average Bonchev–Trinajstić information content (AvgIpc) is 3.08. The maximum Gasteiger partial charge on any atom is 0.451 e. The van der Waals surface area contributed by atoms with Crippen molar-refractivity contribution in [3.63, 3.8) is 0 Å². The molecular weight excluding hydrogens is 441 g/mol. The summed E-state index contributed by atoms with van der Waals surface area (Å²) >= 11 is 12.0. The van der Waals surface area contributed by atoms with Gasteiger partial charge in [0.05, 0.1) is 6.04 Å². The first-order valence-electron chi connectivity index (χ1n) is 8.95. The zero-order valence-corrected chi connectivity index (χ0v) is 18.0. The van der Waals surface area contributed by atoms with Crippen molar-refractivity contribution in [3.05, 3.63) is 39.6 Å². The minimum Gasteiger partial charge on any atom is -0.427 e. The standard InChI is InChI=1S/C16H23BCl2N6O3.ClH/c18-12-6-5-11(13(19)8-12)9-21-15(26)10-25-16(22-23-24-25)14(20)4-2-1-3-7-17(27)28;/h5-6,8,14,27-28H,1-4,7,9-10,20H2,(H,21,26);1H. The zero-order valence-electron chi connectivity index (χ0n) is 15.7. The highest BCUT2D eigenvalue weighted by atomic mass is 35.5. The van der Waals surface area contributed by atoms with E-state index in [0.717, 1.165) is 18.4 Å². The maximum absolute atomic E-state index is 12.2. The van der Waals surface area contributed by atoms with Crippen LogP contribution in [0.25, 0.3) is 0 Å². The second-order valence-corrected chi connectivity index (χ2v) is 7.28. The van der Waals surface area contributed by atoms with Crippen molar-refractivity contribution in [3.8, 4) is 0 Å². The van der Waals surface area contributed by atoms with Crippen molar-refractivity contribution >= 4 is 48.6 Å². The SMILES string of the molecule is Cl.NC(CCCCCB(O)O)c1nnnn1CC(=O)NCc1ccc(Cl)cc1Cl. The summed E-state index contributed by atoms with van der Waals surface area (Å²) in [5.74, 6) is 0.158. The van der Waals surface area contributed by atoms with E-state index in [-0.39, 0.29) is 31.4 Å². The Labute approximate surface area is 185 Å². The normalized spacial score (nSPS) is 11.6. The van der Waals surface area contributed by atoms with Crippen LogP contribution in [-0.4, -0.2) is 43.3 Å². The van der Waals surface area contributed by atoms with Gasteiger partial charge in [-0.15, -0.1) is 17.5 Å². The highest BCUT2D eigenvalue weighted by molar-refractivity contribution is 6.40. The van der Waals surface area contributed by atoms with Gasteiger partial charge in [0.25, 0.3) is 0 Å². The Morgan fingerprint density at radius 2 is 2.03 bits per heavy atom. The number of nitrogens with two attached hydrogens (primary N) is 1. The van der Waals surface area contributed by atoms with Crippen LogP contribution in [0.4, 0.5) is 0 Å². The van der Waals surface area contributed by atoms with E-state index >= 15 is 0 Å². The number of rotatable bonds is 11. The number of hydrogen-bond donors (Lipinski definition) is 4. The van der Waals surface area contributed by atoms with Gasteiger partial charge in [-0.3, -0.25) is 4.79 Å². The molecule has 1 aromatic heterocycles. The van der Waals surface area contributed by atoms with Crippen LogP contribution in [0.15, 0.2) is 18.2 Å². The first-order valence-corrected chi connectivity index (χ1v) is 9.71. The molecule has 0 aliphatic rings. The number of halogens is 3. The third-order valence-corrected chi connectivity index (χ3v) is 4.74. The lowest BCUT2D eigenvalue weighted by Crippen LogP contribution is -2.29. The van der Waals surface area contributed by atoms with Gasteiger partial charge in [0.2, 0.25) is 5.91 Å². The van der Waals surface area contributed by atoms with Crippen molar-refractivity contribution in [2.24, 2.45) is 5.73 Å². The Hall–Kier alpha value is -1.43. The molecule has 9 nitrogen and oxygen atoms in total. The van der Waals surface area contributed by atoms with E-state index in [1.54, 1.807) is 18.2 Å². The van der Waals surface area contributed by atoms with E-state index in [9.17, 15) is 4.79 Å². The fourth-order valence-electron chi connectivity index (χ4n) is 2.64. The molecule has 1 amide bonds. The van der Waals surface area contributed by atoms with Gasteiger partial charge >= 0.3 is 7.12 Å². The average molecular weight is 466 g/mol. The molecule has 2 rings (SSSR count). The van der Waals surface area contributed by atoms with Crippen molar-refractivity contribution in [1.82, 2.24) is 25.5 Å².